The zero-order valence-electron chi connectivity index (χ0n) is 7.88. The van der Waals surface area contributed by atoms with Crippen molar-refractivity contribution in [1.82, 2.24) is 0 Å². The zero-order valence-corrected chi connectivity index (χ0v) is 8.70. The lowest BCUT2D eigenvalue weighted by Gasteiger charge is -2.24. The van der Waals surface area contributed by atoms with Gasteiger partial charge in [-0.1, -0.05) is 12.2 Å². The molecule has 0 saturated carbocycles. The van der Waals surface area contributed by atoms with Crippen molar-refractivity contribution in [2.24, 2.45) is 11.7 Å². The highest BCUT2D eigenvalue weighted by atomic mass is 32.2. The topological polar surface area (TPSA) is 26.0 Å². The fourth-order valence-corrected chi connectivity index (χ4v) is 2.75. The van der Waals surface area contributed by atoms with Gasteiger partial charge in [0.25, 0.3) is 0 Å². The average Bonchev–Trinajstić information content (AvgIpc) is 2.06. The Bertz CT molecular complexity index is 150. The molecule has 2 heteroatoms. The van der Waals surface area contributed by atoms with Gasteiger partial charge in [-0.15, -0.1) is 0 Å². The summed E-state index contributed by atoms with van der Waals surface area (Å²) < 4.78 is 0. The fraction of sp³-hybridized carbons (Fsp3) is 0.800. The van der Waals surface area contributed by atoms with Crippen LogP contribution in [0.25, 0.3) is 0 Å². The Kier molecular flexibility index (Phi) is 4.16. The molecule has 1 aliphatic heterocycles. The second-order valence-electron chi connectivity index (χ2n) is 3.74. The van der Waals surface area contributed by atoms with Crippen LogP contribution in [0.5, 0.6) is 0 Å². The summed E-state index contributed by atoms with van der Waals surface area (Å²) in [6, 6.07) is 0.234. The molecular weight excluding hydrogens is 166 g/mol. The lowest BCUT2D eigenvalue weighted by Crippen LogP contribution is -2.26. The number of hydrogen-bond acceptors (Lipinski definition) is 2. The third kappa shape index (κ3) is 3.20. The number of nitrogens with two attached hydrogens (primary N) is 1. The van der Waals surface area contributed by atoms with E-state index in [1.807, 2.05) is 6.92 Å². The maximum Gasteiger partial charge on any atom is 0.0250 e. The highest BCUT2D eigenvalue weighted by Crippen LogP contribution is 2.26. The summed E-state index contributed by atoms with van der Waals surface area (Å²) in [6.07, 6.45) is 3.85. The van der Waals surface area contributed by atoms with E-state index in [1.165, 1.54) is 24.3 Å². The molecule has 0 aromatic rings. The third-order valence-electron chi connectivity index (χ3n) is 2.56. The van der Waals surface area contributed by atoms with Gasteiger partial charge in [0.2, 0.25) is 0 Å². The Morgan fingerprint density at radius 2 is 2.17 bits per heavy atom. The molecule has 0 radical (unpaired) electrons. The van der Waals surface area contributed by atoms with Gasteiger partial charge in [0.1, 0.15) is 0 Å². The lowest BCUT2D eigenvalue weighted by atomic mass is 9.92. The van der Waals surface area contributed by atoms with Gasteiger partial charge in [-0.05, 0) is 43.6 Å². The Balaban J connectivity index is 2.24. The number of rotatable bonds is 3. The van der Waals surface area contributed by atoms with E-state index in [1.54, 1.807) is 0 Å². The van der Waals surface area contributed by atoms with Crippen LogP contribution < -0.4 is 5.73 Å². The summed E-state index contributed by atoms with van der Waals surface area (Å²) in [5, 5.41) is 0. The first-order chi connectivity index (χ1) is 5.70. The van der Waals surface area contributed by atoms with Crippen LogP contribution in [0.1, 0.15) is 26.2 Å². The van der Waals surface area contributed by atoms with Gasteiger partial charge in [0, 0.05) is 6.04 Å². The van der Waals surface area contributed by atoms with E-state index in [4.69, 9.17) is 5.73 Å². The maximum atomic E-state index is 5.94. The molecule has 70 valence electrons. The molecule has 1 unspecified atom stereocenters. The summed E-state index contributed by atoms with van der Waals surface area (Å²) in [4.78, 5) is 0. The largest absolute Gasteiger partial charge is 0.324 e. The molecule has 2 N–H and O–H groups in total. The molecule has 0 spiro atoms. The Morgan fingerprint density at radius 1 is 1.58 bits per heavy atom. The molecule has 1 atom stereocenters. The Morgan fingerprint density at radius 3 is 2.67 bits per heavy atom. The van der Waals surface area contributed by atoms with E-state index in [2.05, 4.69) is 18.3 Å². The summed E-state index contributed by atoms with van der Waals surface area (Å²) in [5.41, 5.74) is 7.07. The molecule has 0 bridgehead atoms. The van der Waals surface area contributed by atoms with Crippen molar-refractivity contribution >= 4 is 11.8 Å². The second kappa shape index (κ2) is 4.93. The quantitative estimate of drug-likeness (QED) is 0.683. The molecular formula is C10H19NS. The van der Waals surface area contributed by atoms with Crippen molar-refractivity contribution < 1.29 is 0 Å². The first-order valence-corrected chi connectivity index (χ1v) is 5.84. The molecule has 0 aromatic heterocycles. The minimum absolute atomic E-state index is 0.234. The highest BCUT2D eigenvalue weighted by molar-refractivity contribution is 7.99. The molecule has 1 aliphatic rings. The van der Waals surface area contributed by atoms with Crippen LogP contribution in [0.3, 0.4) is 0 Å². The van der Waals surface area contributed by atoms with Crippen LogP contribution >= 0.6 is 11.8 Å². The van der Waals surface area contributed by atoms with Gasteiger partial charge < -0.3 is 5.73 Å². The molecule has 1 fully saturated rings. The van der Waals surface area contributed by atoms with Gasteiger partial charge in [-0.2, -0.15) is 11.8 Å². The molecule has 1 nitrogen and oxygen atoms in total. The van der Waals surface area contributed by atoms with Gasteiger partial charge in [0.05, 0.1) is 0 Å². The Labute approximate surface area is 79.8 Å². The van der Waals surface area contributed by atoms with Gasteiger partial charge >= 0.3 is 0 Å². The monoisotopic (exact) mass is 185 g/mol. The first kappa shape index (κ1) is 10.1. The minimum Gasteiger partial charge on any atom is -0.324 e. The molecule has 12 heavy (non-hydrogen) atoms. The van der Waals surface area contributed by atoms with E-state index < -0.39 is 0 Å². The molecule has 0 aliphatic carbocycles. The zero-order chi connectivity index (χ0) is 8.97. The predicted octanol–water partition coefficient (Wildman–Crippen LogP) is 2.42. The maximum absolute atomic E-state index is 5.94. The van der Waals surface area contributed by atoms with Gasteiger partial charge in [-0.25, -0.2) is 0 Å². The molecule has 0 amide bonds. The SMILES string of the molecule is C=C(C)C(N)CC1CCSCC1. The Hall–Kier alpha value is 0.0500. The van der Waals surface area contributed by atoms with Crippen molar-refractivity contribution in [3.8, 4) is 0 Å². The second-order valence-corrected chi connectivity index (χ2v) is 4.97. The van der Waals surface area contributed by atoms with E-state index in [0.717, 1.165) is 17.9 Å². The number of thioether (sulfide) groups is 1. The van der Waals surface area contributed by atoms with Crippen molar-refractivity contribution in [3.63, 3.8) is 0 Å². The van der Waals surface area contributed by atoms with E-state index in [0.29, 0.717) is 0 Å². The molecule has 1 saturated heterocycles. The van der Waals surface area contributed by atoms with Crippen LogP contribution in [0.15, 0.2) is 12.2 Å². The van der Waals surface area contributed by atoms with E-state index in [9.17, 15) is 0 Å². The van der Waals surface area contributed by atoms with E-state index in [-0.39, 0.29) is 6.04 Å². The van der Waals surface area contributed by atoms with Crippen LogP contribution in [-0.2, 0) is 0 Å². The molecule has 0 aromatic carbocycles. The minimum atomic E-state index is 0.234. The van der Waals surface area contributed by atoms with Crippen LogP contribution in [0.2, 0.25) is 0 Å². The van der Waals surface area contributed by atoms with Crippen molar-refractivity contribution in [1.29, 1.82) is 0 Å². The lowest BCUT2D eigenvalue weighted by molar-refractivity contribution is 0.427. The van der Waals surface area contributed by atoms with Gasteiger partial charge in [0.15, 0.2) is 0 Å². The fourth-order valence-electron chi connectivity index (χ4n) is 1.54. The average molecular weight is 185 g/mol. The summed E-state index contributed by atoms with van der Waals surface area (Å²) in [6.45, 7) is 5.92. The van der Waals surface area contributed by atoms with E-state index >= 15 is 0 Å². The molecule has 1 heterocycles. The summed E-state index contributed by atoms with van der Waals surface area (Å²) in [7, 11) is 0. The van der Waals surface area contributed by atoms with Crippen molar-refractivity contribution in [3.05, 3.63) is 12.2 Å². The van der Waals surface area contributed by atoms with Crippen molar-refractivity contribution in [2.75, 3.05) is 11.5 Å². The predicted molar refractivity (Wildman–Crippen MR) is 57.5 cm³/mol. The third-order valence-corrected chi connectivity index (χ3v) is 3.61. The van der Waals surface area contributed by atoms with Crippen LogP contribution in [0.4, 0.5) is 0 Å². The van der Waals surface area contributed by atoms with Crippen LogP contribution in [-0.4, -0.2) is 17.5 Å². The molecule has 1 rings (SSSR count). The van der Waals surface area contributed by atoms with Crippen LogP contribution in [0, 0.1) is 5.92 Å². The highest BCUT2D eigenvalue weighted by Gasteiger charge is 2.16. The summed E-state index contributed by atoms with van der Waals surface area (Å²) in [5.74, 6) is 3.51. The smallest absolute Gasteiger partial charge is 0.0250 e. The van der Waals surface area contributed by atoms with Crippen molar-refractivity contribution in [2.45, 2.75) is 32.2 Å². The standard InChI is InChI=1S/C10H19NS/c1-8(2)10(11)7-9-3-5-12-6-4-9/h9-10H,1,3-7,11H2,2H3. The summed E-state index contributed by atoms with van der Waals surface area (Å²) >= 11 is 2.07. The number of hydrogen-bond donors (Lipinski definition) is 1. The van der Waals surface area contributed by atoms with Gasteiger partial charge in [-0.3, -0.25) is 0 Å². The first-order valence-electron chi connectivity index (χ1n) is 4.69. The normalized spacial score (nSPS) is 22.2.